The van der Waals surface area contributed by atoms with E-state index in [0.717, 1.165) is 29.5 Å². The number of Topliss-reactive ketones (excluding diaryl/α,β-unsaturated/α-hetero) is 2. The maximum Gasteiger partial charge on any atom is 0.160 e. The summed E-state index contributed by atoms with van der Waals surface area (Å²) in [4.78, 5) is 25.9. The quantitative estimate of drug-likeness (QED) is 0.405. The molecule has 0 bridgehead atoms. The number of hydrogen-bond acceptors (Lipinski definition) is 4. The third-order valence-electron chi connectivity index (χ3n) is 7.63. The molecule has 2 atom stereocenters. The van der Waals surface area contributed by atoms with Crippen LogP contribution >= 0.6 is 0 Å². The molecule has 1 N–H and O–H groups in total. The smallest absolute Gasteiger partial charge is 0.160 e. The highest BCUT2D eigenvalue weighted by Crippen LogP contribution is 2.37. The predicted octanol–water partition coefficient (Wildman–Crippen LogP) is 6.38. The van der Waals surface area contributed by atoms with Crippen LogP contribution in [0.25, 0.3) is 0 Å². The minimum atomic E-state index is -0.258. The average Bonchev–Trinajstić information content (AvgIpc) is 2.88. The zero-order valence-corrected chi connectivity index (χ0v) is 20.7. The number of ether oxygens (including phenoxy) is 1. The van der Waals surface area contributed by atoms with Gasteiger partial charge in [0.1, 0.15) is 11.6 Å². The Balaban J connectivity index is 1.67. The molecule has 0 amide bonds. The van der Waals surface area contributed by atoms with E-state index in [1.54, 1.807) is 12.1 Å². The van der Waals surface area contributed by atoms with E-state index >= 15 is 0 Å². The highest BCUT2D eigenvalue weighted by molar-refractivity contribution is 6.00. The fraction of sp³-hybridized carbons (Fsp3) is 0.484. The molecule has 0 radical (unpaired) electrons. The third kappa shape index (κ3) is 6.54. The Morgan fingerprint density at radius 1 is 1.00 bits per heavy atom. The summed E-state index contributed by atoms with van der Waals surface area (Å²) in [7, 11) is 1.52. The number of rotatable bonds is 5. The second-order valence-electron chi connectivity index (χ2n) is 10.1. The molecular formula is C31H36O4. The van der Waals surface area contributed by atoms with Crippen molar-refractivity contribution in [3.05, 3.63) is 59.2 Å². The van der Waals surface area contributed by atoms with E-state index in [9.17, 15) is 14.7 Å². The number of phenolic OH excluding ortho intramolecular Hbond substituents is 1. The molecule has 35 heavy (non-hydrogen) atoms. The number of ketones is 2. The number of hydrogen-bond donors (Lipinski definition) is 1. The summed E-state index contributed by atoms with van der Waals surface area (Å²) in [6.07, 6.45) is 9.51. The molecule has 0 spiro atoms. The summed E-state index contributed by atoms with van der Waals surface area (Å²) < 4.78 is 5.33. The summed E-state index contributed by atoms with van der Waals surface area (Å²) in [5.74, 6) is 7.47. The molecule has 0 aromatic heterocycles. The van der Waals surface area contributed by atoms with Crippen LogP contribution in [0.2, 0.25) is 0 Å². The number of carbonyl (C=O) groups is 2. The van der Waals surface area contributed by atoms with Gasteiger partial charge in [-0.2, -0.15) is 0 Å². The molecule has 0 heterocycles. The Bertz CT molecular complexity index is 1090. The molecule has 184 valence electrons. The first-order chi connectivity index (χ1) is 17.0. The Kier molecular flexibility index (Phi) is 8.64. The number of benzene rings is 2. The van der Waals surface area contributed by atoms with Crippen molar-refractivity contribution in [2.45, 2.75) is 76.5 Å². The lowest BCUT2D eigenvalue weighted by atomic mass is 9.81. The van der Waals surface area contributed by atoms with Crippen molar-refractivity contribution in [3.63, 3.8) is 0 Å². The topological polar surface area (TPSA) is 63.6 Å². The van der Waals surface area contributed by atoms with E-state index in [1.165, 1.54) is 39.2 Å². The molecule has 2 aromatic rings. The molecule has 0 unspecified atom stereocenters. The van der Waals surface area contributed by atoms with Gasteiger partial charge in [-0.25, -0.2) is 0 Å². The maximum atomic E-state index is 13.1. The van der Waals surface area contributed by atoms with Gasteiger partial charge >= 0.3 is 0 Å². The molecule has 4 heteroatoms. The SMILES string of the molecule is COc1cc2c(cc1O)[C@H](c1ccccc1)C#CC[C@@H](CCC1CCCCC1)C(=O)CC(=O)CC2. The molecule has 1 saturated carbocycles. The minimum absolute atomic E-state index is 0.0102. The summed E-state index contributed by atoms with van der Waals surface area (Å²) in [5.41, 5.74) is 2.83. The van der Waals surface area contributed by atoms with Gasteiger partial charge in [0.05, 0.1) is 19.4 Å². The van der Waals surface area contributed by atoms with Crippen LogP contribution in [-0.2, 0) is 16.0 Å². The van der Waals surface area contributed by atoms with Crippen molar-refractivity contribution >= 4 is 11.6 Å². The summed E-state index contributed by atoms with van der Waals surface area (Å²) in [6, 6.07) is 13.5. The molecular weight excluding hydrogens is 436 g/mol. The van der Waals surface area contributed by atoms with Crippen LogP contribution in [0.1, 0.15) is 86.8 Å². The average molecular weight is 473 g/mol. The number of phenols is 1. The van der Waals surface area contributed by atoms with Gasteiger partial charge in [-0.05, 0) is 54.0 Å². The first-order valence-electron chi connectivity index (χ1n) is 13.0. The number of methoxy groups -OCH3 is 1. The van der Waals surface area contributed by atoms with Crippen LogP contribution in [0.4, 0.5) is 0 Å². The van der Waals surface area contributed by atoms with Crippen molar-refractivity contribution < 1.29 is 19.4 Å². The van der Waals surface area contributed by atoms with Crippen LogP contribution < -0.4 is 4.74 Å². The number of fused-ring (bicyclic) bond motifs is 1. The molecule has 2 aliphatic rings. The fourth-order valence-corrected chi connectivity index (χ4v) is 5.54. The summed E-state index contributed by atoms with van der Waals surface area (Å²) in [6.45, 7) is 0. The van der Waals surface area contributed by atoms with E-state index < -0.39 is 0 Å². The van der Waals surface area contributed by atoms with E-state index in [1.807, 2.05) is 30.3 Å². The fourth-order valence-electron chi connectivity index (χ4n) is 5.54. The van der Waals surface area contributed by atoms with Crippen molar-refractivity contribution in [1.82, 2.24) is 0 Å². The molecule has 2 aromatic carbocycles. The second-order valence-corrected chi connectivity index (χ2v) is 10.1. The van der Waals surface area contributed by atoms with Gasteiger partial charge in [-0.15, -0.1) is 5.92 Å². The van der Waals surface area contributed by atoms with Crippen molar-refractivity contribution in [3.8, 4) is 23.3 Å². The lowest BCUT2D eigenvalue weighted by molar-refractivity contribution is -0.129. The van der Waals surface area contributed by atoms with Gasteiger partial charge in [0, 0.05) is 18.8 Å². The van der Waals surface area contributed by atoms with Gasteiger partial charge in [-0.3, -0.25) is 9.59 Å². The Morgan fingerprint density at radius 2 is 1.77 bits per heavy atom. The van der Waals surface area contributed by atoms with Crippen LogP contribution in [0, 0.1) is 23.7 Å². The number of aromatic hydroxyl groups is 1. The molecule has 4 nitrogen and oxygen atoms in total. The van der Waals surface area contributed by atoms with Gasteiger partial charge in [0.2, 0.25) is 0 Å². The van der Waals surface area contributed by atoms with E-state index in [0.29, 0.717) is 24.5 Å². The lowest BCUT2D eigenvalue weighted by Crippen LogP contribution is -2.20. The highest BCUT2D eigenvalue weighted by Gasteiger charge is 2.25. The van der Waals surface area contributed by atoms with Crippen molar-refractivity contribution in [1.29, 1.82) is 0 Å². The number of carbonyl (C=O) groups excluding carboxylic acids is 2. The van der Waals surface area contributed by atoms with Gasteiger partial charge in [-0.1, -0.05) is 68.4 Å². The van der Waals surface area contributed by atoms with E-state index in [-0.39, 0.29) is 42.0 Å². The first-order valence-corrected chi connectivity index (χ1v) is 13.0. The third-order valence-corrected chi connectivity index (χ3v) is 7.63. The van der Waals surface area contributed by atoms with Crippen LogP contribution in [0.3, 0.4) is 0 Å². The van der Waals surface area contributed by atoms with Crippen molar-refractivity contribution in [2.24, 2.45) is 11.8 Å². The molecule has 4 rings (SSSR count). The predicted molar refractivity (Wildman–Crippen MR) is 138 cm³/mol. The maximum absolute atomic E-state index is 13.1. The summed E-state index contributed by atoms with van der Waals surface area (Å²) in [5, 5.41) is 10.6. The molecule has 0 aliphatic heterocycles. The van der Waals surface area contributed by atoms with E-state index in [4.69, 9.17) is 4.74 Å². The second kappa shape index (κ2) is 12.1. The minimum Gasteiger partial charge on any atom is -0.504 e. The van der Waals surface area contributed by atoms with Crippen LogP contribution in [-0.4, -0.2) is 23.8 Å². The first kappa shape index (κ1) is 25.0. The highest BCUT2D eigenvalue weighted by atomic mass is 16.5. The monoisotopic (exact) mass is 472 g/mol. The van der Waals surface area contributed by atoms with Crippen molar-refractivity contribution in [2.75, 3.05) is 7.11 Å². The van der Waals surface area contributed by atoms with E-state index in [2.05, 4.69) is 11.8 Å². The standard InChI is InChI=1S/C31H36O4/c1-35-31-19-25-17-18-26(32)20-29(33)24(16-15-22-9-4-2-5-10-22)13-8-14-27(28(25)21-30(31)34)23-11-6-3-7-12-23/h3,6-7,11-12,19,21-22,24,27,34H,2,4-5,9-10,13,15-18,20H2,1H3/t24-,27-/m0/s1. The largest absolute Gasteiger partial charge is 0.504 e. The normalized spacial score (nSPS) is 21.7. The molecule has 0 saturated heterocycles. The lowest BCUT2D eigenvalue weighted by Gasteiger charge is -2.23. The van der Waals surface area contributed by atoms with Gasteiger partial charge < -0.3 is 9.84 Å². The molecule has 1 fully saturated rings. The molecule has 2 aliphatic carbocycles. The van der Waals surface area contributed by atoms with Crippen LogP contribution in [0.15, 0.2) is 42.5 Å². The Hall–Kier alpha value is -3.06. The Labute approximate surface area is 209 Å². The van der Waals surface area contributed by atoms with Crippen LogP contribution in [0.5, 0.6) is 11.5 Å². The van der Waals surface area contributed by atoms with Gasteiger partial charge in [0.15, 0.2) is 11.5 Å². The van der Waals surface area contributed by atoms with Gasteiger partial charge in [0.25, 0.3) is 0 Å². The summed E-state index contributed by atoms with van der Waals surface area (Å²) >= 11 is 0. The zero-order chi connectivity index (χ0) is 24.6. The zero-order valence-electron chi connectivity index (χ0n) is 20.7. The Morgan fingerprint density at radius 3 is 2.51 bits per heavy atom. The number of aryl methyl sites for hydroxylation is 1.